The standard InChI is InChI=1S/C13H15NO/c14-9-8-12(13-7-4-10-15-13)11-5-2-1-3-6-11/h1-7,10,12H,8-9,14H2. The summed E-state index contributed by atoms with van der Waals surface area (Å²) >= 11 is 0. The monoisotopic (exact) mass is 201 g/mol. The minimum Gasteiger partial charge on any atom is -0.469 e. The molecule has 0 radical (unpaired) electrons. The second kappa shape index (κ2) is 4.80. The van der Waals surface area contributed by atoms with Gasteiger partial charge in [0.25, 0.3) is 0 Å². The topological polar surface area (TPSA) is 39.2 Å². The van der Waals surface area contributed by atoms with Crippen molar-refractivity contribution in [3.63, 3.8) is 0 Å². The van der Waals surface area contributed by atoms with Crippen LogP contribution >= 0.6 is 0 Å². The highest BCUT2D eigenvalue weighted by Gasteiger charge is 2.15. The molecule has 2 aromatic rings. The van der Waals surface area contributed by atoms with Gasteiger partial charge in [-0.2, -0.15) is 0 Å². The Kier molecular flexibility index (Phi) is 3.20. The summed E-state index contributed by atoms with van der Waals surface area (Å²) in [6.07, 6.45) is 2.62. The molecule has 2 heteroatoms. The molecular weight excluding hydrogens is 186 g/mol. The first-order valence-corrected chi connectivity index (χ1v) is 5.20. The fourth-order valence-corrected chi connectivity index (χ4v) is 1.81. The third-order valence-corrected chi connectivity index (χ3v) is 2.54. The smallest absolute Gasteiger partial charge is 0.111 e. The fraction of sp³-hybridized carbons (Fsp3) is 0.231. The molecule has 1 aromatic heterocycles. The van der Waals surface area contributed by atoms with Crippen LogP contribution < -0.4 is 5.73 Å². The molecule has 0 saturated carbocycles. The van der Waals surface area contributed by atoms with Gasteiger partial charge in [-0.3, -0.25) is 0 Å². The van der Waals surface area contributed by atoms with E-state index in [0.29, 0.717) is 6.54 Å². The third kappa shape index (κ3) is 2.28. The maximum atomic E-state index is 5.63. The molecule has 0 bridgehead atoms. The van der Waals surface area contributed by atoms with Crippen LogP contribution in [-0.2, 0) is 0 Å². The van der Waals surface area contributed by atoms with Crippen LogP contribution in [0, 0.1) is 0 Å². The first-order chi connectivity index (χ1) is 7.42. The number of rotatable bonds is 4. The van der Waals surface area contributed by atoms with Gasteiger partial charge in [-0.25, -0.2) is 0 Å². The SMILES string of the molecule is NCCC(c1ccccc1)c1ccco1. The molecule has 2 N–H and O–H groups in total. The molecular formula is C13H15NO. The zero-order valence-electron chi connectivity index (χ0n) is 8.60. The van der Waals surface area contributed by atoms with Gasteiger partial charge in [-0.05, 0) is 30.7 Å². The second-order valence-corrected chi connectivity index (χ2v) is 3.56. The summed E-state index contributed by atoms with van der Waals surface area (Å²) in [5, 5.41) is 0. The first kappa shape index (κ1) is 9.99. The molecule has 2 rings (SSSR count). The van der Waals surface area contributed by atoms with Gasteiger partial charge >= 0.3 is 0 Å². The van der Waals surface area contributed by atoms with Crippen molar-refractivity contribution in [2.45, 2.75) is 12.3 Å². The van der Waals surface area contributed by atoms with Gasteiger partial charge in [0.1, 0.15) is 5.76 Å². The first-order valence-electron chi connectivity index (χ1n) is 5.20. The zero-order valence-corrected chi connectivity index (χ0v) is 8.60. The van der Waals surface area contributed by atoms with E-state index in [4.69, 9.17) is 10.2 Å². The van der Waals surface area contributed by atoms with Crippen molar-refractivity contribution in [3.05, 3.63) is 60.1 Å². The van der Waals surface area contributed by atoms with E-state index < -0.39 is 0 Å². The number of benzene rings is 1. The van der Waals surface area contributed by atoms with E-state index in [0.717, 1.165) is 12.2 Å². The molecule has 0 amide bonds. The molecule has 0 fully saturated rings. The predicted octanol–water partition coefficient (Wildman–Crippen LogP) is 2.76. The lowest BCUT2D eigenvalue weighted by Gasteiger charge is -2.13. The van der Waals surface area contributed by atoms with Crippen LogP contribution in [0.3, 0.4) is 0 Å². The summed E-state index contributed by atoms with van der Waals surface area (Å²) in [4.78, 5) is 0. The van der Waals surface area contributed by atoms with Gasteiger partial charge in [-0.1, -0.05) is 30.3 Å². The summed E-state index contributed by atoms with van der Waals surface area (Å²) in [5.41, 5.74) is 6.89. The Hall–Kier alpha value is -1.54. The van der Waals surface area contributed by atoms with Crippen LogP contribution in [0.1, 0.15) is 23.7 Å². The van der Waals surface area contributed by atoms with Crippen molar-refractivity contribution < 1.29 is 4.42 Å². The van der Waals surface area contributed by atoms with Crippen molar-refractivity contribution in [3.8, 4) is 0 Å². The van der Waals surface area contributed by atoms with Gasteiger partial charge in [0, 0.05) is 5.92 Å². The number of nitrogens with two attached hydrogens (primary N) is 1. The maximum absolute atomic E-state index is 5.63. The zero-order chi connectivity index (χ0) is 10.5. The van der Waals surface area contributed by atoms with Crippen molar-refractivity contribution in [2.24, 2.45) is 5.73 Å². The van der Waals surface area contributed by atoms with E-state index in [9.17, 15) is 0 Å². The second-order valence-electron chi connectivity index (χ2n) is 3.56. The van der Waals surface area contributed by atoms with Gasteiger partial charge in [0.05, 0.1) is 6.26 Å². The molecule has 1 aromatic carbocycles. The molecule has 1 heterocycles. The van der Waals surface area contributed by atoms with Crippen molar-refractivity contribution in [1.29, 1.82) is 0 Å². The Morgan fingerprint density at radius 2 is 1.87 bits per heavy atom. The van der Waals surface area contributed by atoms with Gasteiger partial charge in [-0.15, -0.1) is 0 Å². The summed E-state index contributed by atoms with van der Waals surface area (Å²) in [6.45, 7) is 0.667. The summed E-state index contributed by atoms with van der Waals surface area (Å²) in [6, 6.07) is 14.3. The molecule has 0 aliphatic heterocycles. The maximum Gasteiger partial charge on any atom is 0.111 e. The van der Waals surface area contributed by atoms with Crippen molar-refractivity contribution >= 4 is 0 Å². The lowest BCUT2D eigenvalue weighted by atomic mass is 9.93. The molecule has 0 saturated heterocycles. The molecule has 2 nitrogen and oxygen atoms in total. The molecule has 0 aliphatic carbocycles. The Bertz CT molecular complexity index is 380. The average Bonchev–Trinajstić information content (AvgIpc) is 2.80. The summed E-state index contributed by atoms with van der Waals surface area (Å²) in [5.74, 6) is 1.28. The van der Waals surface area contributed by atoms with Gasteiger partial charge < -0.3 is 10.2 Å². The highest BCUT2D eigenvalue weighted by Crippen LogP contribution is 2.27. The van der Waals surface area contributed by atoms with Gasteiger partial charge in [0.15, 0.2) is 0 Å². The van der Waals surface area contributed by atoms with E-state index >= 15 is 0 Å². The largest absolute Gasteiger partial charge is 0.469 e. The summed E-state index contributed by atoms with van der Waals surface area (Å²) < 4.78 is 5.45. The van der Waals surface area contributed by atoms with E-state index in [-0.39, 0.29) is 5.92 Å². The molecule has 78 valence electrons. The molecule has 0 spiro atoms. The Labute approximate surface area is 89.7 Å². The number of hydrogen-bond donors (Lipinski definition) is 1. The van der Waals surface area contributed by atoms with Gasteiger partial charge in [0.2, 0.25) is 0 Å². The van der Waals surface area contributed by atoms with E-state index in [1.54, 1.807) is 6.26 Å². The fourth-order valence-electron chi connectivity index (χ4n) is 1.81. The van der Waals surface area contributed by atoms with Crippen LogP contribution in [-0.4, -0.2) is 6.54 Å². The van der Waals surface area contributed by atoms with Crippen LogP contribution in [0.2, 0.25) is 0 Å². The Morgan fingerprint density at radius 1 is 1.07 bits per heavy atom. The van der Waals surface area contributed by atoms with E-state index in [1.165, 1.54) is 5.56 Å². The van der Waals surface area contributed by atoms with Crippen molar-refractivity contribution in [2.75, 3.05) is 6.54 Å². The molecule has 1 unspecified atom stereocenters. The minimum atomic E-state index is 0.284. The number of hydrogen-bond acceptors (Lipinski definition) is 2. The highest BCUT2D eigenvalue weighted by atomic mass is 16.3. The highest BCUT2D eigenvalue weighted by molar-refractivity contribution is 5.27. The quantitative estimate of drug-likeness (QED) is 0.826. The van der Waals surface area contributed by atoms with Crippen LogP contribution in [0.25, 0.3) is 0 Å². The molecule has 0 aliphatic rings. The lowest BCUT2D eigenvalue weighted by molar-refractivity contribution is 0.476. The molecule has 1 atom stereocenters. The number of furan rings is 1. The summed E-state index contributed by atoms with van der Waals surface area (Å²) in [7, 11) is 0. The van der Waals surface area contributed by atoms with E-state index in [2.05, 4.69) is 12.1 Å². The van der Waals surface area contributed by atoms with E-state index in [1.807, 2.05) is 30.3 Å². The normalized spacial score (nSPS) is 12.6. The van der Waals surface area contributed by atoms with Crippen molar-refractivity contribution in [1.82, 2.24) is 0 Å². The molecule has 15 heavy (non-hydrogen) atoms. The average molecular weight is 201 g/mol. The van der Waals surface area contributed by atoms with Crippen LogP contribution in [0.4, 0.5) is 0 Å². The van der Waals surface area contributed by atoms with Crippen LogP contribution in [0.5, 0.6) is 0 Å². The Morgan fingerprint density at radius 3 is 2.47 bits per heavy atom. The minimum absolute atomic E-state index is 0.284. The lowest BCUT2D eigenvalue weighted by Crippen LogP contribution is -2.08. The predicted molar refractivity (Wildman–Crippen MR) is 60.7 cm³/mol. The third-order valence-electron chi connectivity index (χ3n) is 2.54. The van der Waals surface area contributed by atoms with Crippen LogP contribution in [0.15, 0.2) is 53.1 Å². The Balaban J connectivity index is 2.28.